The maximum absolute atomic E-state index is 11.8. The molecule has 1 aromatic rings. The molecule has 0 bridgehead atoms. The maximum Gasteiger partial charge on any atom is 0.268 e. The van der Waals surface area contributed by atoms with Gasteiger partial charge in [-0.25, -0.2) is 0 Å². The molecule has 1 aromatic heterocycles. The third kappa shape index (κ3) is 0.663. The second kappa shape index (κ2) is 1.42. The molecule has 0 saturated carbocycles. The Morgan fingerprint density at radius 1 is 1.71 bits per heavy atom. The monoisotopic (exact) mass is 119 g/mol. The van der Waals surface area contributed by atoms with E-state index in [1.54, 1.807) is 0 Å². The summed E-state index contributed by atoms with van der Waals surface area (Å²) in [5, 5.41) is 3.03. The zero-order chi connectivity index (χ0) is 5.28. The summed E-state index contributed by atoms with van der Waals surface area (Å²) in [5.74, 6) is -0.676. The lowest BCUT2D eigenvalue weighted by molar-refractivity contribution is 0.583. The van der Waals surface area contributed by atoms with Crippen molar-refractivity contribution in [2.45, 2.75) is 0 Å². The highest BCUT2D eigenvalue weighted by molar-refractivity contribution is 7.09. The second-order valence-corrected chi connectivity index (χ2v) is 1.71. The average molecular weight is 119 g/mol. The van der Waals surface area contributed by atoms with E-state index in [1.807, 2.05) is 0 Å². The van der Waals surface area contributed by atoms with Crippen LogP contribution >= 0.6 is 11.5 Å². The van der Waals surface area contributed by atoms with Crippen LogP contribution in [0.4, 0.5) is 9.39 Å². The highest BCUT2D eigenvalue weighted by atomic mass is 32.1. The van der Waals surface area contributed by atoms with Gasteiger partial charge in [-0.2, -0.15) is 4.39 Å². The fraction of sp³-hybridized carbons (Fsp3) is 0. The Labute approximate surface area is 43.1 Å². The number of nitrogens with two attached hydrogens (primary N) is 1. The first kappa shape index (κ1) is 4.45. The minimum absolute atomic E-state index is 0.0417. The predicted molar refractivity (Wildman–Crippen MR) is 24.3 cm³/mol. The van der Waals surface area contributed by atoms with Gasteiger partial charge >= 0.3 is 0 Å². The lowest BCUT2D eigenvalue weighted by Crippen LogP contribution is -1.82. The molecule has 3 nitrogen and oxygen atoms in total. The third-order valence-corrected chi connectivity index (χ3v) is 1.000. The molecule has 0 aliphatic carbocycles. The first-order valence-electron chi connectivity index (χ1n) is 1.54. The molecule has 0 aromatic carbocycles. The summed E-state index contributed by atoms with van der Waals surface area (Å²) in [5.41, 5.74) is 4.96. The van der Waals surface area contributed by atoms with E-state index in [0.717, 1.165) is 11.5 Å². The van der Waals surface area contributed by atoms with Gasteiger partial charge in [0.25, 0.3) is 5.95 Å². The summed E-state index contributed by atoms with van der Waals surface area (Å²) >= 11 is 0.846. The molecule has 2 N–H and O–H groups in total. The molecule has 0 radical (unpaired) electrons. The number of rotatable bonds is 0. The van der Waals surface area contributed by atoms with E-state index >= 15 is 0 Å². The van der Waals surface area contributed by atoms with E-state index in [2.05, 4.69) is 9.59 Å². The molecule has 1 rings (SSSR count). The fourth-order valence-electron chi connectivity index (χ4n) is 0.187. The highest BCUT2D eigenvalue weighted by Crippen LogP contribution is 2.08. The zero-order valence-electron chi connectivity index (χ0n) is 3.26. The van der Waals surface area contributed by atoms with Gasteiger partial charge in [-0.3, -0.25) is 0 Å². The van der Waals surface area contributed by atoms with Gasteiger partial charge < -0.3 is 5.73 Å². The van der Waals surface area contributed by atoms with E-state index < -0.39 is 5.95 Å². The Bertz CT molecular complexity index is 145. The van der Waals surface area contributed by atoms with Crippen LogP contribution < -0.4 is 5.73 Å². The van der Waals surface area contributed by atoms with Crippen LogP contribution in [0.3, 0.4) is 0 Å². The minimum atomic E-state index is -0.676. The van der Waals surface area contributed by atoms with Crippen LogP contribution in [0, 0.1) is 5.95 Å². The Morgan fingerprint density at radius 3 is 2.57 bits per heavy atom. The van der Waals surface area contributed by atoms with Crippen molar-refractivity contribution in [3.05, 3.63) is 5.95 Å². The Hall–Kier alpha value is -0.710. The molecule has 0 unspecified atom stereocenters. The quantitative estimate of drug-likeness (QED) is 0.533. The molecule has 0 amide bonds. The Morgan fingerprint density at radius 2 is 2.43 bits per heavy atom. The average Bonchev–Trinajstić information content (AvgIpc) is 1.91. The Balaban J connectivity index is 3.12. The van der Waals surface area contributed by atoms with E-state index in [0.29, 0.717) is 0 Å². The van der Waals surface area contributed by atoms with Gasteiger partial charge in [-0.15, -0.1) is 5.10 Å². The zero-order valence-corrected chi connectivity index (χ0v) is 4.07. The summed E-state index contributed by atoms with van der Waals surface area (Å²) in [6.45, 7) is 0. The minimum Gasteiger partial charge on any atom is -0.385 e. The topological polar surface area (TPSA) is 51.8 Å². The van der Waals surface area contributed by atoms with E-state index in [9.17, 15) is 4.39 Å². The van der Waals surface area contributed by atoms with Gasteiger partial charge in [0, 0.05) is 11.5 Å². The number of halogens is 1. The predicted octanol–water partition coefficient (Wildman–Crippen LogP) is 0.259. The molecule has 7 heavy (non-hydrogen) atoms. The summed E-state index contributed by atoms with van der Waals surface area (Å²) in [7, 11) is 0. The molecular formula is C2H2FN3S. The van der Waals surface area contributed by atoms with Gasteiger partial charge in [0.05, 0.1) is 0 Å². The lowest BCUT2D eigenvalue weighted by atomic mass is 10.8. The van der Waals surface area contributed by atoms with Crippen molar-refractivity contribution in [1.29, 1.82) is 0 Å². The van der Waals surface area contributed by atoms with E-state index in [4.69, 9.17) is 5.73 Å². The maximum atomic E-state index is 11.8. The second-order valence-electron chi connectivity index (χ2n) is 0.928. The molecule has 0 spiro atoms. The van der Waals surface area contributed by atoms with Crippen LogP contribution in [0.2, 0.25) is 0 Å². The molecule has 0 aliphatic rings. The molecule has 5 heteroatoms. The molecule has 38 valence electrons. The van der Waals surface area contributed by atoms with E-state index in [-0.39, 0.29) is 5.00 Å². The van der Waals surface area contributed by atoms with E-state index in [1.165, 1.54) is 0 Å². The van der Waals surface area contributed by atoms with Gasteiger partial charge in [0.2, 0.25) is 0 Å². The van der Waals surface area contributed by atoms with Crippen molar-refractivity contribution >= 4 is 16.5 Å². The van der Waals surface area contributed by atoms with Crippen molar-refractivity contribution in [3.8, 4) is 0 Å². The first-order valence-corrected chi connectivity index (χ1v) is 2.31. The number of nitrogens with zero attached hydrogens (tertiary/aromatic N) is 2. The summed E-state index contributed by atoms with van der Waals surface area (Å²) < 4.78 is 15.0. The molecular weight excluding hydrogens is 117 g/mol. The van der Waals surface area contributed by atoms with Crippen LogP contribution in [0.5, 0.6) is 0 Å². The normalized spacial score (nSPS) is 9.29. The number of hydrogen-bond donors (Lipinski definition) is 1. The van der Waals surface area contributed by atoms with Crippen LogP contribution in [-0.4, -0.2) is 9.59 Å². The third-order valence-electron chi connectivity index (χ3n) is 0.471. The Kier molecular flexibility index (Phi) is 0.900. The summed E-state index contributed by atoms with van der Waals surface area (Å²) in [4.78, 5) is 0. The standard InChI is InChI=1S/C2H2FN3S/c3-1-2(4)7-6-5-1/h4H2. The van der Waals surface area contributed by atoms with Gasteiger partial charge in [-0.1, -0.05) is 4.49 Å². The largest absolute Gasteiger partial charge is 0.385 e. The highest BCUT2D eigenvalue weighted by Gasteiger charge is 1.97. The van der Waals surface area contributed by atoms with Crippen molar-refractivity contribution in [3.63, 3.8) is 0 Å². The molecule has 0 fully saturated rings. The van der Waals surface area contributed by atoms with Gasteiger partial charge in [0.1, 0.15) is 0 Å². The number of hydrogen-bond acceptors (Lipinski definition) is 4. The number of nitrogen functional groups attached to an aromatic ring is 1. The first-order chi connectivity index (χ1) is 3.30. The molecule has 0 aliphatic heterocycles. The number of anilines is 1. The summed E-state index contributed by atoms with van der Waals surface area (Å²) in [6.07, 6.45) is 0. The van der Waals surface area contributed by atoms with Crippen LogP contribution in [0.25, 0.3) is 0 Å². The van der Waals surface area contributed by atoms with Crippen LogP contribution in [0.15, 0.2) is 0 Å². The van der Waals surface area contributed by atoms with Crippen molar-refractivity contribution < 1.29 is 4.39 Å². The summed E-state index contributed by atoms with van der Waals surface area (Å²) in [6, 6.07) is 0. The van der Waals surface area contributed by atoms with Crippen molar-refractivity contribution in [2.24, 2.45) is 0 Å². The van der Waals surface area contributed by atoms with Crippen LogP contribution in [-0.2, 0) is 0 Å². The lowest BCUT2D eigenvalue weighted by Gasteiger charge is -1.71. The van der Waals surface area contributed by atoms with Gasteiger partial charge in [-0.05, 0) is 0 Å². The molecule has 0 saturated heterocycles. The van der Waals surface area contributed by atoms with Crippen molar-refractivity contribution in [2.75, 3.05) is 5.73 Å². The van der Waals surface area contributed by atoms with Crippen LogP contribution in [0.1, 0.15) is 0 Å². The molecule has 1 heterocycles. The smallest absolute Gasteiger partial charge is 0.268 e. The van der Waals surface area contributed by atoms with Gasteiger partial charge in [0.15, 0.2) is 5.00 Å². The van der Waals surface area contributed by atoms with Crippen molar-refractivity contribution in [1.82, 2.24) is 9.59 Å². The number of aromatic nitrogens is 2. The fourth-order valence-corrected chi connectivity index (χ4v) is 0.504. The molecule has 0 atom stereocenters. The SMILES string of the molecule is Nc1snnc1F.